The van der Waals surface area contributed by atoms with Gasteiger partial charge in [-0.05, 0) is 28.4 Å². The molecule has 34 heavy (non-hydrogen) atoms. The molecule has 4 heteroatoms. The van der Waals surface area contributed by atoms with Crippen molar-refractivity contribution in [2.24, 2.45) is 0 Å². The second-order valence-electron chi connectivity index (χ2n) is 11.3. The average Bonchev–Trinajstić information content (AvgIpc) is 3.21. The number of hydrogen-bond donors (Lipinski definition) is 0. The molecule has 0 heterocycles. The first-order valence-corrected chi connectivity index (χ1v) is 16.4. The van der Waals surface area contributed by atoms with Crippen LogP contribution in [0.3, 0.4) is 0 Å². The summed E-state index contributed by atoms with van der Waals surface area (Å²) in [6, 6.07) is 21.6. The fraction of sp³-hybridized carbons (Fsp3) is 0.433. The van der Waals surface area contributed by atoms with Crippen LogP contribution >= 0.6 is 0 Å². The molecular weight excluding hydrogens is 507 g/mol. The predicted octanol–water partition coefficient (Wildman–Crippen LogP) is 2.47. The molecule has 1 aliphatic carbocycles. The van der Waals surface area contributed by atoms with Crippen LogP contribution in [0.25, 0.3) is 11.1 Å². The Hall–Kier alpha value is -0.699. The Bertz CT molecular complexity index is 1000. The summed E-state index contributed by atoms with van der Waals surface area (Å²) in [7, 11) is 0. The van der Waals surface area contributed by atoms with Gasteiger partial charge in [0.2, 0.25) is 0 Å². The van der Waals surface area contributed by atoms with Gasteiger partial charge < -0.3 is 24.8 Å². The Morgan fingerprint density at radius 2 is 1.29 bits per heavy atom. The first kappa shape index (κ1) is 33.3. The van der Waals surface area contributed by atoms with Crippen molar-refractivity contribution in [3.63, 3.8) is 0 Å². The SMILES string of the molecule is CC(C)(C)c1[c-]c2c(cc1)-c1ccc(C(C)(C)C)cc1C2.C[Si](C)=[Ti+2].Cc1ccc(C)[cH-]1.[Cl-].[Cl-]. The first-order chi connectivity index (χ1) is 14.7. The fourth-order valence-corrected chi connectivity index (χ4v) is 3.75. The Labute approximate surface area is 233 Å². The van der Waals surface area contributed by atoms with Gasteiger partial charge in [-0.3, -0.25) is 0 Å². The molecule has 0 saturated carbocycles. The van der Waals surface area contributed by atoms with E-state index in [2.05, 4.69) is 142 Å². The summed E-state index contributed by atoms with van der Waals surface area (Å²) in [5.41, 5.74) is 11.4. The molecule has 0 spiro atoms. The normalized spacial score (nSPS) is 11.4. The van der Waals surface area contributed by atoms with E-state index in [1.807, 2.05) is 0 Å². The van der Waals surface area contributed by atoms with E-state index in [0.717, 1.165) is 6.42 Å². The topological polar surface area (TPSA) is 0 Å². The number of fused-ring (bicyclic) bond motifs is 3. The quantitative estimate of drug-likeness (QED) is 0.235. The molecule has 0 saturated heterocycles. The van der Waals surface area contributed by atoms with Gasteiger partial charge >= 0.3 is 38.5 Å². The van der Waals surface area contributed by atoms with Crippen LogP contribution in [0.4, 0.5) is 0 Å². The van der Waals surface area contributed by atoms with E-state index < -0.39 is 0 Å². The van der Waals surface area contributed by atoms with Crippen LogP contribution in [0, 0.1) is 19.9 Å². The maximum atomic E-state index is 3.67. The summed E-state index contributed by atoms with van der Waals surface area (Å²) in [6.45, 7) is 22.3. The minimum atomic E-state index is 0. The van der Waals surface area contributed by atoms with Crippen molar-refractivity contribution < 1.29 is 44.0 Å². The Morgan fingerprint density at radius 1 is 0.794 bits per heavy atom. The fourth-order valence-electron chi connectivity index (χ4n) is 3.75. The maximum absolute atomic E-state index is 3.67. The zero-order valence-electron chi connectivity index (χ0n) is 22.6. The van der Waals surface area contributed by atoms with Crippen LogP contribution in [0.1, 0.15) is 74.9 Å². The zero-order valence-corrected chi connectivity index (χ0v) is 26.7. The number of hydrogen-bond acceptors (Lipinski definition) is 0. The molecule has 0 nitrogen and oxygen atoms in total. The van der Waals surface area contributed by atoms with E-state index in [4.69, 9.17) is 0 Å². The molecule has 0 unspecified atom stereocenters. The molecular formula is C30H40Cl2SiTi-2. The van der Waals surface area contributed by atoms with Crippen molar-refractivity contribution in [2.45, 2.75) is 85.7 Å². The average molecular weight is 548 g/mol. The molecule has 3 aromatic rings. The molecule has 4 rings (SSSR count). The molecule has 0 atom stereocenters. The van der Waals surface area contributed by atoms with Crippen LogP contribution in [0.2, 0.25) is 13.1 Å². The summed E-state index contributed by atoms with van der Waals surface area (Å²) in [5, 5.41) is 0. The third-order valence-corrected chi connectivity index (χ3v) is 5.53. The minimum absolute atomic E-state index is 0. The van der Waals surface area contributed by atoms with Crippen molar-refractivity contribution in [3.8, 4) is 11.1 Å². The van der Waals surface area contributed by atoms with Crippen LogP contribution in [-0.4, -0.2) is 6.19 Å². The molecule has 0 N–H and O–H groups in total. The van der Waals surface area contributed by atoms with Gasteiger partial charge in [-0.2, -0.15) is 41.0 Å². The molecule has 3 aromatic carbocycles. The van der Waals surface area contributed by atoms with E-state index in [0.29, 0.717) is 0 Å². The molecule has 0 aromatic heterocycles. The standard InChI is InChI=1S/C21H25.C7H9.C2H6Si.2ClH.Ti/c1-20(2,3)16-7-9-18-14(12-16)11-15-13-17(21(4,5)6)8-10-19(15)18;1-6-3-4-7(2)5-6;1-3-2;;;/h7-10,12H,11H2,1-6H3;3-5H,1-2H3;1-2H3;2*1H;/q2*-1;;;;+2/p-2. The van der Waals surface area contributed by atoms with Gasteiger partial charge in [0.1, 0.15) is 0 Å². The zero-order chi connectivity index (χ0) is 24.3. The van der Waals surface area contributed by atoms with E-state index >= 15 is 0 Å². The largest absolute Gasteiger partial charge is 1.00 e. The molecule has 0 fully saturated rings. The van der Waals surface area contributed by atoms with Crippen LogP contribution in [0.15, 0.2) is 48.5 Å². The maximum Gasteiger partial charge on any atom is -0.0635 e. The molecule has 0 radical (unpaired) electrons. The van der Waals surface area contributed by atoms with Crippen molar-refractivity contribution in [3.05, 3.63) is 88.0 Å². The molecule has 0 bridgehead atoms. The van der Waals surface area contributed by atoms with Crippen molar-refractivity contribution in [2.75, 3.05) is 0 Å². The van der Waals surface area contributed by atoms with Gasteiger partial charge in [0.15, 0.2) is 0 Å². The van der Waals surface area contributed by atoms with E-state index in [-0.39, 0.29) is 41.8 Å². The Kier molecular flexibility index (Phi) is 13.3. The molecule has 0 amide bonds. The predicted molar refractivity (Wildman–Crippen MR) is 140 cm³/mol. The van der Waals surface area contributed by atoms with Gasteiger partial charge in [0, 0.05) is 0 Å². The van der Waals surface area contributed by atoms with Gasteiger partial charge in [-0.15, -0.1) is 11.1 Å². The number of benzene rings is 2. The summed E-state index contributed by atoms with van der Waals surface area (Å²) < 4.78 is 0. The van der Waals surface area contributed by atoms with Gasteiger partial charge in [-0.25, -0.2) is 12.1 Å². The van der Waals surface area contributed by atoms with Gasteiger partial charge in [0.25, 0.3) is 0 Å². The Balaban J connectivity index is 0.000000702. The third-order valence-electron chi connectivity index (χ3n) is 5.53. The monoisotopic (exact) mass is 546 g/mol. The summed E-state index contributed by atoms with van der Waals surface area (Å²) >= 11 is 2.27. The van der Waals surface area contributed by atoms with Crippen molar-refractivity contribution in [1.29, 1.82) is 0 Å². The van der Waals surface area contributed by atoms with Gasteiger partial charge in [-0.1, -0.05) is 79.2 Å². The van der Waals surface area contributed by atoms with Crippen LogP contribution in [-0.2, 0) is 36.4 Å². The van der Waals surface area contributed by atoms with E-state index in [1.54, 1.807) is 0 Å². The van der Waals surface area contributed by atoms with E-state index in [1.165, 1.54) is 44.5 Å². The smallest absolute Gasteiger partial charge is 0.0635 e. The summed E-state index contributed by atoms with van der Waals surface area (Å²) in [6.07, 6.45) is 1.15. The molecule has 184 valence electrons. The number of rotatable bonds is 0. The Morgan fingerprint density at radius 3 is 1.71 bits per heavy atom. The van der Waals surface area contributed by atoms with Crippen LogP contribution in [0.5, 0.6) is 0 Å². The van der Waals surface area contributed by atoms with Crippen molar-refractivity contribution in [1.82, 2.24) is 0 Å². The second kappa shape index (κ2) is 13.6. The van der Waals surface area contributed by atoms with Gasteiger partial charge in [0.05, 0.1) is 0 Å². The van der Waals surface area contributed by atoms with E-state index in [9.17, 15) is 0 Å². The molecule has 1 aliphatic rings. The van der Waals surface area contributed by atoms with Crippen molar-refractivity contribution >= 4 is 6.19 Å². The van der Waals surface area contributed by atoms with Crippen LogP contribution < -0.4 is 24.8 Å². The minimum Gasteiger partial charge on any atom is -1.00 e. The summed E-state index contributed by atoms with van der Waals surface area (Å²) in [4.78, 5) is 0. The number of aryl methyl sites for hydroxylation is 2. The third kappa shape index (κ3) is 9.75. The molecule has 0 aliphatic heterocycles. The second-order valence-corrected chi connectivity index (χ2v) is 18.0. The number of halogens is 2. The first-order valence-electron chi connectivity index (χ1n) is 11.6. The summed E-state index contributed by atoms with van der Waals surface area (Å²) in [5.74, 6) is 0.